The van der Waals surface area contributed by atoms with Crippen LogP contribution in [-0.2, 0) is 0 Å². The molecule has 2 aromatic carbocycles. The Morgan fingerprint density at radius 3 is 1.52 bits per heavy atom. The first-order valence-electron chi connectivity index (χ1n) is 7.76. The summed E-state index contributed by atoms with van der Waals surface area (Å²) in [6.07, 6.45) is 0. The summed E-state index contributed by atoms with van der Waals surface area (Å²) in [7, 11) is 1.30. The monoisotopic (exact) mass is 313 g/mol. The number of rotatable bonds is 8. The first kappa shape index (κ1) is 17.1. The van der Waals surface area contributed by atoms with Gasteiger partial charge in [-0.05, 0) is 63.1 Å². The van der Waals surface area contributed by atoms with Gasteiger partial charge in [0.25, 0.3) is 0 Å². The van der Waals surface area contributed by atoms with Crippen LogP contribution in [0.1, 0.15) is 25.0 Å². The lowest BCUT2D eigenvalue weighted by Crippen LogP contribution is -2.13. The second-order valence-corrected chi connectivity index (χ2v) is 5.10. The highest BCUT2D eigenvalue weighted by molar-refractivity contribution is 6.21. The Balaban J connectivity index is 2.05. The molecule has 0 aliphatic heterocycles. The van der Waals surface area contributed by atoms with Gasteiger partial charge in [0.1, 0.15) is 11.5 Å². The first-order valence-corrected chi connectivity index (χ1v) is 7.76. The zero-order valence-electron chi connectivity index (χ0n) is 14.1. The van der Waals surface area contributed by atoms with E-state index in [0.717, 1.165) is 11.1 Å². The predicted molar refractivity (Wildman–Crippen MR) is 91.7 cm³/mol. The van der Waals surface area contributed by atoms with Crippen LogP contribution >= 0.6 is 0 Å². The van der Waals surface area contributed by atoms with Crippen LogP contribution in [0.2, 0.25) is 0 Å². The lowest BCUT2D eigenvalue weighted by molar-refractivity contribution is 0.317. The van der Waals surface area contributed by atoms with Crippen molar-refractivity contribution in [2.24, 2.45) is 0 Å². The molecule has 0 saturated heterocycles. The van der Waals surface area contributed by atoms with Crippen LogP contribution in [-0.4, -0.2) is 20.9 Å². The normalized spacial score (nSPS) is 10.1. The highest BCUT2D eigenvalue weighted by atomic mass is 16.6. The molecule has 0 fully saturated rings. The summed E-state index contributed by atoms with van der Waals surface area (Å²) in [6, 6.07) is 11.6. The second kappa shape index (κ2) is 8.37. The lowest BCUT2D eigenvalue weighted by atomic mass is 10.2. The number of hydrogen-bond acceptors (Lipinski definition) is 4. The SMILES string of the molecule is CCOc1ccc(C)cc1O[B]Oc1cc(C)ccc1OCC. The van der Waals surface area contributed by atoms with Gasteiger partial charge in [0, 0.05) is 0 Å². The van der Waals surface area contributed by atoms with Crippen LogP contribution in [0, 0.1) is 13.8 Å². The minimum atomic E-state index is 0.576. The quantitative estimate of drug-likeness (QED) is 0.688. The Hall–Kier alpha value is -2.30. The fourth-order valence-electron chi connectivity index (χ4n) is 2.09. The van der Waals surface area contributed by atoms with E-state index in [1.165, 1.54) is 7.69 Å². The zero-order chi connectivity index (χ0) is 16.7. The van der Waals surface area contributed by atoms with Gasteiger partial charge in [-0.3, -0.25) is 0 Å². The summed E-state index contributed by atoms with van der Waals surface area (Å²) < 4.78 is 22.3. The lowest BCUT2D eigenvalue weighted by Gasteiger charge is -2.14. The van der Waals surface area contributed by atoms with Gasteiger partial charge in [-0.2, -0.15) is 0 Å². The first-order chi connectivity index (χ1) is 11.1. The summed E-state index contributed by atoms with van der Waals surface area (Å²) in [5.74, 6) is 2.62. The highest BCUT2D eigenvalue weighted by Gasteiger charge is 2.11. The number of hydrogen-bond donors (Lipinski definition) is 0. The number of aryl methyl sites for hydroxylation is 2. The third kappa shape index (κ3) is 4.85. The van der Waals surface area contributed by atoms with Crippen molar-refractivity contribution >= 4 is 7.69 Å². The largest absolute Gasteiger partial charge is 0.658 e. The van der Waals surface area contributed by atoms with Crippen molar-refractivity contribution in [3.8, 4) is 23.0 Å². The molecule has 1 radical (unpaired) electrons. The van der Waals surface area contributed by atoms with Crippen LogP contribution in [0.4, 0.5) is 0 Å². The van der Waals surface area contributed by atoms with E-state index < -0.39 is 0 Å². The third-order valence-electron chi connectivity index (χ3n) is 3.15. The molecule has 0 aliphatic carbocycles. The van der Waals surface area contributed by atoms with E-state index in [0.29, 0.717) is 36.2 Å². The van der Waals surface area contributed by atoms with Gasteiger partial charge < -0.3 is 18.8 Å². The molecule has 2 rings (SSSR count). The van der Waals surface area contributed by atoms with Crippen molar-refractivity contribution in [3.63, 3.8) is 0 Å². The van der Waals surface area contributed by atoms with Gasteiger partial charge >= 0.3 is 7.69 Å². The standard InChI is InChI=1S/C18H22BO4/c1-5-20-15-9-7-13(3)11-17(15)22-19-23-18-12-14(4)8-10-16(18)21-6-2/h7-12H,5-6H2,1-4H3. The van der Waals surface area contributed by atoms with Crippen molar-refractivity contribution in [1.29, 1.82) is 0 Å². The molecule has 4 nitrogen and oxygen atoms in total. The maximum atomic E-state index is 5.62. The van der Waals surface area contributed by atoms with E-state index >= 15 is 0 Å². The highest BCUT2D eigenvalue weighted by Crippen LogP contribution is 2.30. The molecule has 23 heavy (non-hydrogen) atoms. The zero-order valence-corrected chi connectivity index (χ0v) is 14.1. The maximum absolute atomic E-state index is 5.62. The average molecular weight is 313 g/mol. The van der Waals surface area contributed by atoms with Gasteiger partial charge in [0.2, 0.25) is 0 Å². The molecule has 2 aromatic rings. The van der Waals surface area contributed by atoms with Crippen molar-refractivity contribution in [1.82, 2.24) is 0 Å². The summed E-state index contributed by atoms with van der Waals surface area (Å²) in [5, 5.41) is 0. The van der Waals surface area contributed by atoms with Crippen LogP contribution in [0.5, 0.6) is 23.0 Å². The Labute approximate surface area is 138 Å². The van der Waals surface area contributed by atoms with Crippen molar-refractivity contribution < 1.29 is 18.8 Å². The molecular formula is C18H22BO4. The van der Waals surface area contributed by atoms with E-state index in [1.54, 1.807) is 0 Å². The van der Waals surface area contributed by atoms with Gasteiger partial charge in [0.15, 0.2) is 11.5 Å². The fraction of sp³-hybridized carbons (Fsp3) is 0.333. The number of benzene rings is 2. The van der Waals surface area contributed by atoms with Crippen molar-refractivity contribution in [2.45, 2.75) is 27.7 Å². The molecular weight excluding hydrogens is 291 g/mol. The Bertz CT molecular complexity index is 587. The Morgan fingerprint density at radius 1 is 0.696 bits per heavy atom. The van der Waals surface area contributed by atoms with Crippen LogP contribution < -0.4 is 18.8 Å². The molecule has 0 aromatic heterocycles. The van der Waals surface area contributed by atoms with E-state index in [-0.39, 0.29) is 0 Å². The summed E-state index contributed by atoms with van der Waals surface area (Å²) >= 11 is 0. The van der Waals surface area contributed by atoms with Crippen molar-refractivity contribution in [2.75, 3.05) is 13.2 Å². The molecule has 0 atom stereocenters. The van der Waals surface area contributed by atoms with Gasteiger partial charge in [-0.15, -0.1) is 0 Å². The molecule has 0 unspecified atom stereocenters. The topological polar surface area (TPSA) is 36.9 Å². The Morgan fingerprint density at radius 2 is 1.13 bits per heavy atom. The average Bonchev–Trinajstić information content (AvgIpc) is 2.53. The van der Waals surface area contributed by atoms with E-state index in [1.807, 2.05) is 64.1 Å². The molecule has 5 heteroatoms. The summed E-state index contributed by atoms with van der Waals surface area (Å²) in [6.45, 7) is 9.02. The van der Waals surface area contributed by atoms with Crippen LogP contribution in [0.15, 0.2) is 36.4 Å². The van der Waals surface area contributed by atoms with Gasteiger partial charge in [0.05, 0.1) is 13.2 Å². The minimum absolute atomic E-state index is 0.576. The molecule has 0 aliphatic rings. The smallest absolute Gasteiger partial charge is 0.524 e. The van der Waals surface area contributed by atoms with E-state index in [2.05, 4.69) is 0 Å². The predicted octanol–water partition coefficient (Wildman–Crippen LogP) is 4.09. The third-order valence-corrected chi connectivity index (χ3v) is 3.15. The van der Waals surface area contributed by atoms with Crippen molar-refractivity contribution in [3.05, 3.63) is 47.5 Å². The molecule has 121 valence electrons. The Kier molecular flexibility index (Phi) is 6.21. The fourth-order valence-corrected chi connectivity index (χ4v) is 2.09. The molecule has 0 amide bonds. The van der Waals surface area contributed by atoms with Gasteiger partial charge in [-0.1, -0.05) is 12.1 Å². The maximum Gasteiger partial charge on any atom is 0.658 e. The van der Waals surface area contributed by atoms with Crippen LogP contribution in [0.25, 0.3) is 0 Å². The molecule has 0 heterocycles. The summed E-state index contributed by atoms with van der Waals surface area (Å²) in [4.78, 5) is 0. The van der Waals surface area contributed by atoms with E-state index in [9.17, 15) is 0 Å². The molecule has 0 N–H and O–H groups in total. The van der Waals surface area contributed by atoms with Gasteiger partial charge in [-0.25, -0.2) is 0 Å². The number of ether oxygens (including phenoxy) is 2. The van der Waals surface area contributed by atoms with E-state index in [4.69, 9.17) is 18.8 Å². The molecule has 0 saturated carbocycles. The summed E-state index contributed by atoms with van der Waals surface area (Å²) in [5.41, 5.74) is 2.17. The molecule has 0 bridgehead atoms. The second-order valence-electron chi connectivity index (χ2n) is 5.10. The van der Waals surface area contributed by atoms with Crippen LogP contribution in [0.3, 0.4) is 0 Å². The minimum Gasteiger partial charge on any atom is -0.524 e. The molecule has 0 spiro atoms.